The molecule has 3 aromatic carbocycles. The maximum atomic E-state index is 13.6. The second-order valence-electron chi connectivity index (χ2n) is 10.4. The number of sulfonamides is 1. The number of allylic oxidation sites excluding steroid dienone is 1. The summed E-state index contributed by atoms with van der Waals surface area (Å²) in [6.45, 7) is 0. The number of nitrogens with one attached hydrogen (secondary N) is 3. The number of amides is 1. The van der Waals surface area contributed by atoms with Crippen LogP contribution in [0.15, 0.2) is 107 Å². The molecule has 1 heterocycles. The zero-order valence-corrected chi connectivity index (χ0v) is 24.5. The average molecular weight is 598 g/mol. The summed E-state index contributed by atoms with van der Waals surface area (Å²) in [6.07, 6.45) is 4.92. The molecular formula is C32H31N5O5S. The quantitative estimate of drug-likeness (QED) is 0.221. The van der Waals surface area contributed by atoms with Crippen molar-refractivity contribution in [1.82, 2.24) is 9.97 Å². The van der Waals surface area contributed by atoms with Crippen molar-refractivity contribution >= 4 is 44.3 Å². The maximum absolute atomic E-state index is 13.6. The Labute approximate surface area is 249 Å². The minimum atomic E-state index is -4.11. The van der Waals surface area contributed by atoms with Crippen LogP contribution in [-0.2, 0) is 24.3 Å². The fourth-order valence-electron chi connectivity index (χ4n) is 5.16. The highest BCUT2D eigenvalue weighted by Gasteiger charge is 2.43. The van der Waals surface area contributed by atoms with E-state index >= 15 is 0 Å². The summed E-state index contributed by atoms with van der Waals surface area (Å²) in [5.41, 5.74) is 2.65. The van der Waals surface area contributed by atoms with Crippen molar-refractivity contribution in [1.29, 1.82) is 0 Å². The number of fused-ring (bicyclic) bond motifs is 1. The predicted molar refractivity (Wildman–Crippen MR) is 165 cm³/mol. The van der Waals surface area contributed by atoms with Crippen LogP contribution in [0, 0.1) is 5.92 Å². The number of nitrogens with zero attached hydrogens (tertiary/aromatic N) is 2. The van der Waals surface area contributed by atoms with Crippen molar-refractivity contribution in [3.8, 4) is 0 Å². The van der Waals surface area contributed by atoms with Crippen molar-refractivity contribution in [3.05, 3.63) is 108 Å². The molecule has 1 fully saturated rings. The van der Waals surface area contributed by atoms with Crippen LogP contribution in [0.4, 0.5) is 17.3 Å². The number of benzene rings is 3. The minimum Gasteiger partial charge on any atom is -0.501 e. The van der Waals surface area contributed by atoms with Crippen LogP contribution in [0.2, 0.25) is 0 Å². The number of hydrogen-bond donors (Lipinski definition) is 3. The number of hydrogen-bond acceptors (Lipinski definition) is 8. The summed E-state index contributed by atoms with van der Waals surface area (Å²) in [5, 5.41) is 6.17. The van der Waals surface area contributed by atoms with Gasteiger partial charge in [0, 0.05) is 24.1 Å². The molecule has 3 N–H and O–H groups in total. The van der Waals surface area contributed by atoms with E-state index in [1.165, 1.54) is 12.1 Å². The van der Waals surface area contributed by atoms with Gasteiger partial charge in [0.2, 0.25) is 5.91 Å². The van der Waals surface area contributed by atoms with Crippen molar-refractivity contribution in [2.24, 2.45) is 5.92 Å². The number of carbonyl (C=O) groups excluding carboxylic acids is 1. The molecule has 10 nitrogen and oxygen atoms in total. The number of aromatic nitrogens is 2. The van der Waals surface area contributed by atoms with Crippen molar-refractivity contribution in [2.45, 2.75) is 29.7 Å². The molecule has 2 unspecified atom stereocenters. The zero-order valence-electron chi connectivity index (χ0n) is 23.7. The lowest BCUT2D eigenvalue weighted by Gasteiger charge is -2.23. The first-order valence-electron chi connectivity index (χ1n) is 13.9. The summed E-state index contributed by atoms with van der Waals surface area (Å²) in [4.78, 5) is 22.2. The van der Waals surface area contributed by atoms with Gasteiger partial charge < -0.3 is 20.1 Å². The van der Waals surface area contributed by atoms with Crippen LogP contribution in [0.5, 0.6) is 0 Å². The van der Waals surface area contributed by atoms with E-state index in [1.54, 1.807) is 50.6 Å². The fraction of sp³-hybridized carbons (Fsp3) is 0.219. The van der Waals surface area contributed by atoms with E-state index in [4.69, 9.17) is 9.47 Å². The summed E-state index contributed by atoms with van der Waals surface area (Å²) >= 11 is 0. The Bertz CT molecular complexity index is 1840. The van der Waals surface area contributed by atoms with E-state index in [2.05, 4.69) is 25.3 Å². The lowest BCUT2D eigenvalue weighted by molar-refractivity contribution is -0.117. The van der Waals surface area contributed by atoms with Gasteiger partial charge in [0.25, 0.3) is 10.0 Å². The summed E-state index contributed by atoms with van der Waals surface area (Å²) in [7, 11) is -0.964. The van der Waals surface area contributed by atoms with Crippen LogP contribution in [0.1, 0.15) is 24.3 Å². The smallest absolute Gasteiger partial charge is 0.263 e. The topological polar surface area (TPSA) is 132 Å². The molecular weight excluding hydrogens is 566 g/mol. The third kappa shape index (κ3) is 6.31. The summed E-state index contributed by atoms with van der Waals surface area (Å²) in [6, 6.07) is 23.0. The van der Waals surface area contributed by atoms with Gasteiger partial charge >= 0.3 is 0 Å². The molecule has 0 spiro atoms. The second kappa shape index (κ2) is 11.8. The number of anilines is 3. The highest BCUT2D eigenvalue weighted by atomic mass is 32.2. The number of ether oxygens (including phenoxy) is 2. The van der Waals surface area contributed by atoms with Gasteiger partial charge in [-0.25, -0.2) is 18.4 Å². The lowest BCUT2D eigenvalue weighted by atomic mass is 10.1. The Kier molecular flexibility index (Phi) is 7.73. The minimum absolute atomic E-state index is 0.0227. The molecule has 43 heavy (non-hydrogen) atoms. The Hall–Kier alpha value is -4.90. The number of rotatable bonds is 10. The highest BCUT2D eigenvalue weighted by Crippen LogP contribution is 2.48. The van der Waals surface area contributed by atoms with E-state index in [0.29, 0.717) is 34.7 Å². The van der Waals surface area contributed by atoms with E-state index in [0.717, 1.165) is 12.0 Å². The third-order valence-corrected chi connectivity index (χ3v) is 8.81. The van der Waals surface area contributed by atoms with Crippen LogP contribution in [0.3, 0.4) is 0 Å². The Morgan fingerprint density at radius 1 is 0.884 bits per heavy atom. The Morgan fingerprint density at radius 3 is 2.33 bits per heavy atom. The number of carbonyl (C=O) groups is 1. The molecule has 1 amide bonds. The van der Waals surface area contributed by atoms with Gasteiger partial charge in [0.1, 0.15) is 11.5 Å². The molecule has 0 radical (unpaired) electrons. The Morgan fingerprint density at radius 2 is 1.60 bits per heavy atom. The molecule has 1 saturated carbocycles. The van der Waals surface area contributed by atoms with Crippen LogP contribution < -0.4 is 15.4 Å². The van der Waals surface area contributed by atoms with Gasteiger partial charge in [-0.1, -0.05) is 48.5 Å². The first-order valence-corrected chi connectivity index (χ1v) is 15.3. The molecule has 6 rings (SSSR count). The van der Waals surface area contributed by atoms with E-state index in [-0.39, 0.29) is 40.3 Å². The van der Waals surface area contributed by atoms with Crippen LogP contribution in [0.25, 0.3) is 11.0 Å². The molecule has 2 aliphatic carbocycles. The monoisotopic (exact) mass is 597 g/mol. The first-order chi connectivity index (χ1) is 20.8. The van der Waals surface area contributed by atoms with Crippen LogP contribution in [-0.4, -0.2) is 44.6 Å². The van der Waals surface area contributed by atoms with Crippen LogP contribution >= 0.6 is 0 Å². The van der Waals surface area contributed by atoms with Crippen molar-refractivity contribution in [2.75, 3.05) is 29.6 Å². The standard InChI is InChI=1S/C32H31N5O5S/c1-41-23-15-22(16-24(18-23)42-2)33-30-31(36-29-14-7-6-13-28(29)35-30)37-43(39,40)25-12-8-11-21(17-25)34-32(38)27-19-26(27)20-9-4-3-5-10-20/h3-15,17-18,22,26-27H,16,19H2,1-2H3,(H,33,35)(H,34,38)(H,36,37)/t22?,26?,27-/m1/s1. The first kappa shape index (κ1) is 28.2. The largest absolute Gasteiger partial charge is 0.501 e. The molecule has 1 aromatic heterocycles. The predicted octanol–water partition coefficient (Wildman–Crippen LogP) is 5.42. The third-order valence-electron chi connectivity index (χ3n) is 7.48. The van der Waals surface area contributed by atoms with Gasteiger partial charge in [-0.3, -0.25) is 9.52 Å². The zero-order chi connectivity index (χ0) is 30.0. The summed E-state index contributed by atoms with van der Waals surface area (Å²) in [5.74, 6) is 1.48. The van der Waals surface area contributed by atoms with E-state index in [9.17, 15) is 13.2 Å². The molecule has 0 bridgehead atoms. The molecule has 0 aliphatic heterocycles. The van der Waals surface area contributed by atoms with E-state index in [1.807, 2.05) is 42.5 Å². The molecule has 220 valence electrons. The Balaban J connectivity index is 1.23. The number of methoxy groups -OCH3 is 2. The molecule has 2 aliphatic rings. The normalized spacial score (nSPS) is 19.5. The molecule has 3 atom stereocenters. The fourth-order valence-corrected chi connectivity index (χ4v) is 6.22. The molecule has 0 saturated heterocycles. The lowest BCUT2D eigenvalue weighted by Crippen LogP contribution is -2.24. The van der Waals surface area contributed by atoms with Gasteiger partial charge in [-0.05, 0) is 54.3 Å². The maximum Gasteiger partial charge on any atom is 0.263 e. The highest BCUT2D eigenvalue weighted by molar-refractivity contribution is 7.92. The molecule has 11 heteroatoms. The average Bonchev–Trinajstić information content (AvgIpc) is 3.83. The number of para-hydroxylation sites is 2. The SMILES string of the molecule is COC1=CC(Nc2nc3ccccc3nc2NS(=O)(=O)c2cccc(NC(=O)[C@@H]3CC3c3ccccc3)c2)CC(OC)=C1. The van der Waals surface area contributed by atoms with Gasteiger partial charge in [0.05, 0.1) is 36.2 Å². The van der Waals surface area contributed by atoms with Crippen molar-refractivity contribution < 1.29 is 22.7 Å². The van der Waals surface area contributed by atoms with Gasteiger partial charge in [-0.15, -0.1) is 0 Å². The van der Waals surface area contributed by atoms with E-state index < -0.39 is 10.0 Å². The second-order valence-corrected chi connectivity index (χ2v) is 12.1. The summed E-state index contributed by atoms with van der Waals surface area (Å²) < 4.78 is 40.7. The van der Waals surface area contributed by atoms with Crippen molar-refractivity contribution in [3.63, 3.8) is 0 Å². The van der Waals surface area contributed by atoms with Gasteiger partial charge in [0.15, 0.2) is 11.6 Å². The van der Waals surface area contributed by atoms with Gasteiger partial charge in [-0.2, -0.15) is 0 Å². The molecule has 4 aromatic rings.